The Morgan fingerprint density at radius 2 is 1.81 bits per heavy atom. The van der Waals surface area contributed by atoms with Crippen LogP contribution in [0, 0.1) is 0 Å². The first-order valence-corrected chi connectivity index (χ1v) is 10.1. The average Bonchev–Trinajstić information content (AvgIpc) is 2.79. The molecule has 0 fully saturated rings. The summed E-state index contributed by atoms with van der Waals surface area (Å²) in [5.41, 5.74) is 5.02. The van der Waals surface area contributed by atoms with E-state index in [4.69, 9.17) is 27.9 Å². The Hall–Kier alpha value is -3.48. The highest BCUT2D eigenvalue weighted by molar-refractivity contribution is 6.38. The highest BCUT2D eigenvalue weighted by atomic mass is 35.5. The van der Waals surface area contributed by atoms with E-state index in [9.17, 15) is 4.79 Å². The summed E-state index contributed by atoms with van der Waals surface area (Å²) in [4.78, 5) is 21.0. The number of carbonyl (C=O) groups is 1. The molecule has 1 amide bonds. The van der Waals surface area contributed by atoms with E-state index in [2.05, 4.69) is 20.5 Å². The molecule has 0 aliphatic rings. The number of nitrogens with one attached hydrogen (secondary N) is 1. The van der Waals surface area contributed by atoms with Crippen molar-refractivity contribution in [1.29, 1.82) is 0 Å². The molecule has 1 N–H and O–H groups in total. The lowest BCUT2D eigenvalue weighted by molar-refractivity contribution is -0.123. The predicted octanol–water partition coefficient (Wildman–Crippen LogP) is 5.13. The van der Waals surface area contributed by atoms with E-state index >= 15 is 0 Å². The van der Waals surface area contributed by atoms with Crippen LogP contribution in [0.5, 0.6) is 5.75 Å². The molecule has 0 aliphatic heterocycles. The van der Waals surface area contributed by atoms with Gasteiger partial charge < -0.3 is 4.74 Å². The number of fused-ring (bicyclic) bond motifs is 1. The molecule has 0 bridgehead atoms. The van der Waals surface area contributed by atoms with Crippen LogP contribution < -0.4 is 10.2 Å². The highest BCUT2D eigenvalue weighted by Gasteiger charge is 2.10. The fourth-order valence-electron chi connectivity index (χ4n) is 2.89. The number of hydrogen-bond donors (Lipinski definition) is 1. The molecule has 4 rings (SSSR count). The lowest BCUT2D eigenvalue weighted by atomic mass is 10.1. The van der Waals surface area contributed by atoms with E-state index < -0.39 is 5.91 Å². The van der Waals surface area contributed by atoms with Crippen molar-refractivity contribution >= 4 is 46.4 Å². The summed E-state index contributed by atoms with van der Waals surface area (Å²) in [5, 5.41) is 5.72. The molecule has 8 heteroatoms. The van der Waals surface area contributed by atoms with Crippen LogP contribution in [0.15, 0.2) is 78.0 Å². The Morgan fingerprint density at radius 1 is 1.00 bits per heavy atom. The van der Waals surface area contributed by atoms with E-state index in [0.29, 0.717) is 32.7 Å². The maximum absolute atomic E-state index is 12.2. The maximum Gasteiger partial charge on any atom is 0.277 e. The quantitative estimate of drug-likeness (QED) is 0.326. The van der Waals surface area contributed by atoms with Crippen molar-refractivity contribution in [3.05, 3.63) is 88.5 Å². The van der Waals surface area contributed by atoms with Crippen LogP contribution in [-0.4, -0.2) is 28.7 Å². The highest BCUT2D eigenvalue weighted by Crippen LogP contribution is 2.29. The topological polar surface area (TPSA) is 76.5 Å². The van der Waals surface area contributed by atoms with Crippen LogP contribution in [-0.2, 0) is 4.79 Å². The standard InChI is InChI=1S/C23H16Cl2N4O2/c24-18-7-3-8-19(25)17(18)13-27-29-22(30)14-31-21-9-2-1-6-16(21)20-11-10-15-5-4-12-26-23(15)28-20/h1-13H,14H2,(H,29,30)/b27-13+. The van der Waals surface area contributed by atoms with Crippen molar-refractivity contribution < 1.29 is 9.53 Å². The molecule has 0 unspecified atom stereocenters. The predicted molar refractivity (Wildman–Crippen MR) is 123 cm³/mol. The minimum absolute atomic E-state index is 0.226. The van der Waals surface area contributed by atoms with Gasteiger partial charge in [0.25, 0.3) is 5.91 Å². The van der Waals surface area contributed by atoms with Crippen LogP contribution in [0.1, 0.15) is 5.56 Å². The number of carbonyl (C=O) groups excluding carboxylic acids is 1. The summed E-state index contributed by atoms with van der Waals surface area (Å²) >= 11 is 12.1. The van der Waals surface area contributed by atoms with Crippen LogP contribution in [0.25, 0.3) is 22.3 Å². The molecule has 0 aliphatic carbocycles. The van der Waals surface area contributed by atoms with Gasteiger partial charge in [-0.3, -0.25) is 4.79 Å². The molecule has 154 valence electrons. The fraction of sp³-hybridized carbons (Fsp3) is 0.0435. The van der Waals surface area contributed by atoms with Crippen molar-refractivity contribution in [2.24, 2.45) is 5.10 Å². The number of ether oxygens (including phenoxy) is 1. The van der Waals surface area contributed by atoms with Crippen LogP contribution in [0.2, 0.25) is 10.0 Å². The second kappa shape index (κ2) is 9.55. The average molecular weight is 451 g/mol. The van der Waals surface area contributed by atoms with Gasteiger partial charge in [0.1, 0.15) is 5.75 Å². The zero-order chi connectivity index (χ0) is 21.6. The summed E-state index contributed by atoms with van der Waals surface area (Å²) < 4.78 is 5.72. The Labute approximate surface area is 188 Å². The number of benzene rings is 2. The van der Waals surface area contributed by atoms with E-state index in [1.54, 1.807) is 30.5 Å². The molecular formula is C23H16Cl2N4O2. The van der Waals surface area contributed by atoms with Gasteiger partial charge >= 0.3 is 0 Å². The number of halogens is 2. The maximum atomic E-state index is 12.2. The third-order valence-corrected chi connectivity index (χ3v) is 5.03. The SMILES string of the molecule is O=C(COc1ccccc1-c1ccc2cccnc2n1)N/N=C/c1c(Cl)cccc1Cl. The minimum Gasteiger partial charge on any atom is -0.483 e. The van der Waals surface area contributed by atoms with Crippen molar-refractivity contribution in [3.8, 4) is 17.0 Å². The fourth-order valence-corrected chi connectivity index (χ4v) is 3.38. The minimum atomic E-state index is -0.428. The van der Waals surface area contributed by atoms with E-state index in [1.165, 1.54) is 6.21 Å². The molecule has 0 spiro atoms. The van der Waals surface area contributed by atoms with Gasteiger partial charge in [0, 0.05) is 22.7 Å². The van der Waals surface area contributed by atoms with Crippen LogP contribution in [0.3, 0.4) is 0 Å². The summed E-state index contributed by atoms with van der Waals surface area (Å²) in [7, 11) is 0. The summed E-state index contributed by atoms with van der Waals surface area (Å²) in [5.74, 6) is 0.0981. The number of para-hydroxylation sites is 1. The summed E-state index contributed by atoms with van der Waals surface area (Å²) in [6, 6.07) is 20.1. The van der Waals surface area contributed by atoms with Gasteiger partial charge in [0.05, 0.1) is 22.0 Å². The molecule has 2 aromatic heterocycles. The van der Waals surface area contributed by atoms with Crippen molar-refractivity contribution in [1.82, 2.24) is 15.4 Å². The molecule has 2 aromatic carbocycles. The summed E-state index contributed by atoms with van der Waals surface area (Å²) in [6.07, 6.45) is 3.09. The second-order valence-corrected chi connectivity index (χ2v) is 7.27. The molecule has 0 atom stereocenters. The number of hydrogen-bond acceptors (Lipinski definition) is 5. The Kier molecular flexibility index (Phi) is 6.40. The molecule has 31 heavy (non-hydrogen) atoms. The Bertz CT molecular complexity index is 1260. The van der Waals surface area contributed by atoms with Crippen LogP contribution >= 0.6 is 23.2 Å². The van der Waals surface area contributed by atoms with Crippen LogP contribution in [0.4, 0.5) is 0 Å². The summed E-state index contributed by atoms with van der Waals surface area (Å²) in [6.45, 7) is -0.226. The third kappa shape index (κ3) is 4.99. The van der Waals surface area contributed by atoms with Gasteiger partial charge in [-0.2, -0.15) is 5.10 Å². The molecule has 0 saturated carbocycles. The monoisotopic (exact) mass is 450 g/mol. The van der Waals surface area contributed by atoms with E-state index in [0.717, 1.165) is 10.9 Å². The van der Waals surface area contributed by atoms with Crippen molar-refractivity contribution in [2.75, 3.05) is 6.61 Å². The number of amides is 1. The molecule has 0 saturated heterocycles. The normalized spacial score (nSPS) is 11.0. The zero-order valence-corrected chi connectivity index (χ0v) is 17.6. The second-order valence-electron chi connectivity index (χ2n) is 6.46. The third-order valence-electron chi connectivity index (χ3n) is 4.37. The van der Waals surface area contributed by atoms with Gasteiger partial charge in [-0.25, -0.2) is 15.4 Å². The van der Waals surface area contributed by atoms with Crippen molar-refractivity contribution in [3.63, 3.8) is 0 Å². The smallest absolute Gasteiger partial charge is 0.277 e. The lowest BCUT2D eigenvalue weighted by Crippen LogP contribution is -2.24. The Balaban J connectivity index is 1.44. The van der Waals surface area contributed by atoms with Gasteiger partial charge in [-0.05, 0) is 48.5 Å². The number of aromatic nitrogens is 2. The van der Waals surface area contributed by atoms with E-state index in [-0.39, 0.29) is 6.61 Å². The Morgan fingerprint density at radius 3 is 2.65 bits per heavy atom. The largest absolute Gasteiger partial charge is 0.483 e. The van der Waals surface area contributed by atoms with Crippen molar-refractivity contribution in [2.45, 2.75) is 0 Å². The number of nitrogens with zero attached hydrogens (tertiary/aromatic N) is 3. The van der Waals surface area contributed by atoms with Gasteiger partial charge in [-0.15, -0.1) is 0 Å². The van der Waals surface area contributed by atoms with E-state index in [1.807, 2.05) is 42.5 Å². The van der Waals surface area contributed by atoms with Gasteiger partial charge in [-0.1, -0.05) is 41.4 Å². The first-order chi connectivity index (χ1) is 15.1. The molecule has 2 heterocycles. The molecule has 0 radical (unpaired) electrons. The first-order valence-electron chi connectivity index (χ1n) is 9.32. The van der Waals surface area contributed by atoms with Gasteiger partial charge in [0.2, 0.25) is 0 Å². The number of hydrazone groups is 1. The number of rotatable bonds is 6. The zero-order valence-electron chi connectivity index (χ0n) is 16.1. The molecular weight excluding hydrogens is 435 g/mol. The lowest BCUT2D eigenvalue weighted by Gasteiger charge is -2.11. The van der Waals surface area contributed by atoms with Gasteiger partial charge in [0.15, 0.2) is 12.3 Å². The molecule has 6 nitrogen and oxygen atoms in total. The first kappa shape index (κ1) is 20.8. The molecule has 4 aromatic rings. The number of pyridine rings is 2.